The third kappa shape index (κ3) is 3.62. The zero-order valence-corrected chi connectivity index (χ0v) is 14.5. The quantitative estimate of drug-likeness (QED) is 0.725. The number of nitrogens with two attached hydrogens (primary N) is 1. The molecule has 0 spiro atoms. The summed E-state index contributed by atoms with van der Waals surface area (Å²) in [5.74, 6) is -0.483. The highest BCUT2D eigenvalue weighted by Gasteiger charge is 2.34. The Morgan fingerprint density at radius 2 is 2.04 bits per heavy atom. The van der Waals surface area contributed by atoms with Gasteiger partial charge in [0.05, 0.1) is 11.3 Å². The Balaban J connectivity index is 2.17. The number of nitrogens with zero attached hydrogens (tertiary/aromatic N) is 3. The number of carbonyl (C=O) groups is 1. The SMILES string of the molecule is CC=Cc1c(NC(C)=O)nc2ccc(-c3cnc(N)c(C(F)(F)F)c3)cn12. The van der Waals surface area contributed by atoms with Crippen molar-refractivity contribution in [2.24, 2.45) is 0 Å². The van der Waals surface area contributed by atoms with E-state index in [0.29, 0.717) is 22.7 Å². The van der Waals surface area contributed by atoms with E-state index < -0.39 is 17.6 Å². The van der Waals surface area contributed by atoms with Gasteiger partial charge in [-0.05, 0) is 31.2 Å². The molecule has 0 aliphatic rings. The first kappa shape index (κ1) is 18.4. The number of nitrogens with one attached hydrogen (secondary N) is 1. The maximum Gasteiger partial charge on any atom is 0.419 e. The average molecular weight is 375 g/mol. The maximum atomic E-state index is 13.1. The van der Waals surface area contributed by atoms with Crippen molar-refractivity contribution in [3.63, 3.8) is 0 Å². The molecule has 0 aliphatic carbocycles. The Labute approximate surface area is 152 Å². The van der Waals surface area contributed by atoms with Crippen LogP contribution in [0.15, 0.2) is 36.7 Å². The first-order chi connectivity index (χ1) is 12.7. The highest BCUT2D eigenvalue weighted by atomic mass is 19.4. The van der Waals surface area contributed by atoms with E-state index in [1.807, 2.05) is 0 Å². The van der Waals surface area contributed by atoms with Gasteiger partial charge in [0.2, 0.25) is 5.91 Å². The van der Waals surface area contributed by atoms with Crippen molar-refractivity contribution in [2.75, 3.05) is 11.1 Å². The molecule has 0 aliphatic heterocycles. The van der Waals surface area contributed by atoms with Crippen molar-refractivity contribution in [1.29, 1.82) is 0 Å². The minimum absolute atomic E-state index is 0.264. The predicted octanol–water partition coefficient (Wildman–Crippen LogP) is 3.99. The molecule has 1 amide bonds. The molecular weight excluding hydrogens is 359 g/mol. The molecule has 0 fully saturated rings. The van der Waals surface area contributed by atoms with Crippen LogP contribution in [0.2, 0.25) is 0 Å². The normalized spacial score (nSPS) is 12.0. The van der Waals surface area contributed by atoms with E-state index in [-0.39, 0.29) is 11.5 Å². The van der Waals surface area contributed by atoms with Gasteiger partial charge in [-0.3, -0.25) is 9.20 Å². The first-order valence-electron chi connectivity index (χ1n) is 7.96. The lowest BCUT2D eigenvalue weighted by Crippen LogP contribution is -2.10. The van der Waals surface area contributed by atoms with Crippen LogP contribution in [-0.2, 0) is 11.0 Å². The number of halogens is 3. The fourth-order valence-electron chi connectivity index (χ4n) is 2.67. The molecule has 3 heterocycles. The van der Waals surface area contributed by atoms with Crippen LogP contribution in [0.4, 0.5) is 24.8 Å². The van der Waals surface area contributed by atoms with Gasteiger partial charge < -0.3 is 11.1 Å². The largest absolute Gasteiger partial charge is 0.419 e. The van der Waals surface area contributed by atoms with Gasteiger partial charge in [0, 0.05) is 30.4 Å². The van der Waals surface area contributed by atoms with Crippen LogP contribution in [0.3, 0.4) is 0 Å². The third-order valence-corrected chi connectivity index (χ3v) is 3.83. The molecule has 0 saturated heterocycles. The minimum atomic E-state index is -4.60. The number of rotatable bonds is 3. The molecular formula is C18H16F3N5O. The molecule has 3 N–H and O–H groups in total. The number of imidazole rings is 1. The summed E-state index contributed by atoms with van der Waals surface area (Å²) in [6.45, 7) is 3.17. The first-order valence-corrected chi connectivity index (χ1v) is 7.96. The van der Waals surface area contributed by atoms with Gasteiger partial charge in [-0.15, -0.1) is 0 Å². The molecule has 3 aromatic heterocycles. The van der Waals surface area contributed by atoms with Crippen LogP contribution in [-0.4, -0.2) is 20.3 Å². The third-order valence-electron chi connectivity index (χ3n) is 3.83. The number of hydrogen-bond donors (Lipinski definition) is 2. The van der Waals surface area contributed by atoms with Crippen LogP contribution in [0.25, 0.3) is 22.9 Å². The second-order valence-electron chi connectivity index (χ2n) is 5.83. The zero-order chi connectivity index (χ0) is 19.8. The highest BCUT2D eigenvalue weighted by molar-refractivity contribution is 5.90. The summed E-state index contributed by atoms with van der Waals surface area (Å²) in [5.41, 5.74) is 6.27. The molecule has 0 aromatic carbocycles. The van der Waals surface area contributed by atoms with Crippen molar-refractivity contribution in [3.05, 3.63) is 47.9 Å². The number of allylic oxidation sites excluding steroid dienone is 1. The van der Waals surface area contributed by atoms with E-state index in [1.54, 1.807) is 41.8 Å². The zero-order valence-electron chi connectivity index (χ0n) is 14.5. The van der Waals surface area contributed by atoms with Crippen molar-refractivity contribution in [2.45, 2.75) is 20.0 Å². The van der Waals surface area contributed by atoms with E-state index in [4.69, 9.17) is 5.73 Å². The van der Waals surface area contributed by atoms with Gasteiger partial charge in [-0.2, -0.15) is 13.2 Å². The average Bonchev–Trinajstić information content (AvgIpc) is 2.91. The van der Waals surface area contributed by atoms with Gasteiger partial charge in [0.25, 0.3) is 0 Å². The molecule has 0 radical (unpaired) electrons. The molecule has 0 bridgehead atoms. The smallest absolute Gasteiger partial charge is 0.383 e. The Bertz CT molecular complexity index is 1050. The van der Waals surface area contributed by atoms with Crippen LogP contribution >= 0.6 is 0 Å². The Kier molecular flexibility index (Phi) is 4.61. The molecule has 0 unspecified atom stereocenters. The lowest BCUT2D eigenvalue weighted by molar-refractivity contribution is -0.137. The van der Waals surface area contributed by atoms with Crippen LogP contribution in [0.5, 0.6) is 0 Å². The monoisotopic (exact) mass is 375 g/mol. The van der Waals surface area contributed by atoms with Gasteiger partial charge in [-0.1, -0.05) is 6.08 Å². The molecule has 3 aromatic rings. The second kappa shape index (κ2) is 6.75. The summed E-state index contributed by atoms with van der Waals surface area (Å²) in [7, 11) is 0. The molecule has 140 valence electrons. The number of anilines is 2. The van der Waals surface area contributed by atoms with Crippen molar-refractivity contribution in [3.8, 4) is 11.1 Å². The Morgan fingerprint density at radius 1 is 1.30 bits per heavy atom. The summed E-state index contributed by atoms with van der Waals surface area (Å²) in [5, 5.41) is 2.64. The number of fused-ring (bicyclic) bond motifs is 1. The van der Waals surface area contributed by atoms with E-state index in [2.05, 4.69) is 15.3 Å². The highest BCUT2D eigenvalue weighted by Crippen LogP contribution is 2.35. The molecule has 27 heavy (non-hydrogen) atoms. The molecule has 0 atom stereocenters. The van der Waals surface area contributed by atoms with Crippen LogP contribution < -0.4 is 11.1 Å². The Morgan fingerprint density at radius 3 is 2.67 bits per heavy atom. The van der Waals surface area contributed by atoms with Crippen molar-refractivity contribution < 1.29 is 18.0 Å². The van der Waals surface area contributed by atoms with Crippen molar-refractivity contribution >= 4 is 29.3 Å². The van der Waals surface area contributed by atoms with Gasteiger partial charge in [0.1, 0.15) is 11.5 Å². The fraction of sp³-hybridized carbons (Fsp3) is 0.167. The number of amides is 1. The minimum Gasteiger partial charge on any atom is -0.383 e. The van der Waals surface area contributed by atoms with E-state index >= 15 is 0 Å². The van der Waals surface area contributed by atoms with Gasteiger partial charge in [0.15, 0.2) is 5.82 Å². The standard InChI is InChI=1S/C18H16F3N5O/c1-3-4-14-17(24-10(2)27)25-15-6-5-11(9-26(14)15)12-7-13(18(19,20)21)16(22)23-8-12/h3-9H,1-2H3,(H2,22,23)(H,24,27). The maximum absolute atomic E-state index is 13.1. The molecule has 6 nitrogen and oxygen atoms in total. The van der Waals surface area contributed by atoms with Gasteiger partial charge in [-0.25, -0.2) is 9.97 Å². The summed E-state index contributed by atoms with van der Waals surface area (Å²) in [6.07, 6.45) is 1.84. The van der Waals surface area contributed by atoms with Gasteiger partial charge >= 0.3 is 6.18 Å². The van der Waals surface area contributed by atoms with Crippen molar-refractivity contribution in [1.82, 2.24) is 14.4 Å². The number of carbonyl (C=O) groups excluding carboxylic acids is 1. The number of hydrogen-bond acceptors (Lipinski definition) is 4. The predicted molar refractivity (Wildman–Crippen MR) is 96.8 cm³/mol. The lowest BCUT2D eigenvalue weighted by Gasteiger charge is -2.11. The number of nitrogen functional groups attached to an aromatic ring is 1. The van der Waals surface area contributed by atoms with E-state index in [0.717, 1.165) is 6.07 Å². The van der Waals surface area contributed by atoms with Crippen LogP contribution in [0.1, 0.15) is 25.1 Å². The topological polar surface area (TPSA) is 85.3 Å². The summed E-state index contributed by atoms with van der Waals surface area (Å²) in [6, 6.07) is 4.24. The summed E-state index contributed by atoms with van der Waals surface area (Å²) < 4.78 is 41.0. The second-order valence-corrected chi connectivity index (χ2v) is 5.83. The van der Waals surface area contributed by atoms with Crippen LogP contribution in [0, 0.1) is 0 Å². The number of pyridine rings is 2. The van der Waals surface area contributed by atoms with E-state index in [9.17, 15) is 18.0 Å². The number of alkyl halides is 3. The Hall–Kier alpha value is -3.36. The molecule has 3 rings (SSSR count). The summed E-state index contributed by atoms with van der Waals surface area (Å²) in [4.78, 5) is 19.4. The fourth-order valence-corrected chi connectivity index (χ4v) is 2.67. The summed E-state index contributed by atoms with van der Waals surface area (Å²) >= 11 is 0. The molecule has 9 heteroatoms. The number of aromatic nitrogens is 3. The molecule has 0 saturated carbocycles. The lowest BCUT2D eigenvalue weighted by atomic mass is 10.1. The van der Waals surface area contributed by atoms with E-state index in [1.165, 1.54) is 13.1 Å².